The van der Waals surface area contributed by atoms with E-state index in [0.29, 0.717) is 17.2 Å². The van der Waals surface area contributed by atoms with Crippen molar-refractivity contribution in [2.45, 2.75) is 13.5 Å². The number of nitrogens with zero attached hydrogens (tertiary/aromatic N) is 3. The van der Waals surface area contributed by atoms with E-state index in [0.717, 1.165) is 17.2 Å². The number of rotatable bonds is 4. The number of benzene rings is 1. The second-order valence-electron chi connectivity index (χ2n) is 5.24. The molecule has 3 aromatic rings. The third-order valence-electron chi connectivity index (χ3n) is 3.30. The largest absolute Gasteiger partial charge is 0.366 e. The maximum atomic E-state index is 13.7. The van der Waals surface area contributed by atoms with Gasteiger partial charge in [0.25, 0.3) is 0 Å². The molecule has 0 saturated carbocycles. The Bertz CT molecular complexity index is 886. The smallest absolute Gasteiger partial charge is 0.164 e. The Kier molecular flexibility index (Phi) is 4.66. The van der Waals surface area contributed by atoms with Gasteiger partial charge < -0.3 is 5.32 Å². The molecule has 0 saturated heterocycles. The van der Waals surface area contributed by atoms with Crippen molar-refractivity contribution in [3.63, 3.8) is 0 Å². The van der Waals surface area contributed by atoms with E-state index in [4.69, 9.17) is 11.6 Å². The summed E-state index contributed by atoms with van der Waals surface area (Å²) in [6, 6.07) is 6.86. The molecule has 1 aromatic carbocycles. The third-order valence-corrected chi connectivity index (χ3v) is 3.50. The first-order chi connectivity index (χ1) is 11.5. The molecule has 0 fully saturated rings. The molecule has 0 aliphatic carbocycles. The topological polar surface area (TPSA) is 50.7 Å². The molecule has 24 heavy (non-hydrogen) atoms. The first kappa shape index (κ1) is 16.3. The summed E-state index contributed by atoms with van der Waals surface area (Å²) in [7, 11) is 0. The lowest BCUT2D eigenvalue weighted by Gasteiger charge is -2.09. The van der Waals surface area contributed by atoms with Gasteiger partial charge in [-0.3, -0.25) is 4.98 Å². The van der Waals surface area contributed by atoms with Crippen LogP contribution in [0.4, 0.5) is 14.6 Å². The summed E-state index contributed by atoms with van der Waals surface area (Å²) >= 11 is 6.04. The van der Waals surface area contributed by atoms with Gasteiger partial charge in [-0.25, -0.2) is 18.7 Å². The van der Waals surface area contributed by atoms with Crippen LogP contribution in [0, 0.1) is 18.6 Å². The Morgan fingerprint density at radius 3 is 2.67 bits per heavy atom. The number of pyridine rings is 1. The summed E-state index contributed by atoms with van der Waals surface area (Å²) in [5.41, 5.74) is 2.03. The molecule has 7 heteroatoms. The molecule has 4 nitrogen and oxygen atoms in total. The molecule has 0 amide bonds. The average Bonchev–Trinajstić information content (AvgIpc) is 2.53. The van der Waals surface area contributed by atoms with Crippen molar-refractivity contribution in [3.8, 4) is 11.4 Å². The molecule has 0 radical (unpaired) electrons. The van der Waals surface area contributed by atoms with Crippen molar-refractivity contribution in [2.24, 2.45) is 0 Å². The van der Waals surface area contributed by atoms with Gasteiger partial charge in [0.2, 0.25) is 0 Å². The van der Waals surface area contributed by atoms with E-state index >= 15 is 0 Å². The SMILES string of the molecule is Cc1cncc(-c2nc(Cl)cc(NCc3ccc(F)cc3F)n2)c1. The Morgan fingerprint density at radius 2 is 1.92 bits per heavy atom. The summed E-state index contributed by atoms with van der Waals surface area (Å²) in [5, 5.41) is 3.22. The summed E-state index contributed by atoms with van der Waals surface area (Å²) in [6.07, 6.45) is 3.37. The second kappa shape index (κ2) is 6.88. The van der Waals surface area contributed by atoms with E-state index in [2.05, 4.69) is 20.3 Å². The Labute approximate surface area is 142 Å². The van der Waals surface area contributed by atoms with Crippen LogP contribution in [-0.4, -0.2) is 15.0 Å². The Balaban J connectivity index is 1.84. The van der Waals surface area contributed by atoms with Crippen LogP contribution in [0.3, 0.4) is 0 Å². The average molecular weight is 347 g/mol. The van der Waals surface area contributed by atoms with Crippen molar-refractivity contribution in [1.29, 1.82) is 0 Å². The highest BCUT2D eigenvalue weighted by atomic mass is 35.5. The standard InChI is InChI=1S/C17H13ClF2N4/c1-10-4-12(8-21-7-10)17-23-15(18)6-16(24-17)22-9-11-2-3-13(19)5-14(11)20/h2-8H,9H2,1H3,(H,22,23,24). The molecule has 0 aliphatic heterocycles. The molecule has 0 spiro atoms. The van der Waals surface area contributed by atoms with Crippen molar-refractivity contribution in [3.05, 3.63) is 70.6 Å². The van der Waals surface area contributed by atoms with E-state index in [9.17, 15) is 8.78 Å². The quantitative estimate of drug-likeness (QED) is 0.712. The van der Waals surface area contributed by atoms with Gasteiger partial charge in [0.1, 0.15) is 22.6 Å². The second-order valence-corrected chi connectivity index (χ2v) is 5.63. The third kappa shape index (κ3) is 3.83. The molecule has 0 unspecified atom stereocenters. The zero-order valence-corrected chi connectivity index (χ0v) is 13.5. The molecule has 2 aromatic heterocycles. The lowest BCUT2D eigenvalue weighted by atomic mass is 10.2. The molecule has 0 bridgehead atoms. The number of anilines is 1. The van der Waals surface area contributed by atoms with Gasteiger partial charge >= 0.3 is 0 Å². The Hall–Kier alpha value is -2.60. The van der Waals surface area contributed by atoms with Crippen LogP contribution >= 0.6 is 11.6 Å². The van der Waals surface area contributed by atoms with Crippen molar-refractivity contribution in [1.82, 2.24) is 15.0 Å². The fourth-order valence-electron chi connectivity index (χ4n) is 2.17. The number of aryl methyl sites for hydroxylation is 1. The van der Waals surface area contributed by atoms with Crippen LogP contribution in [0.25, 0.3) is 11.4 Å². The summed E-state index contributed by atoms with van der Waals surface area (Å²) in [6.45, 7) is 2.06. The van der Waals surface area contributed by atoms with Crippen molar-refractivity contribution in [2.75, 3.05) is 5.32 Å². The van der Waals surface area contributed by atoms with Crippen molar-refractivity contribution < 1.29 is 8.78 Å². The molecule has 1 N–H and O–H groups in total. The van der Waals surface area contributed by atoms with Gasteiger partial charge in [-0.15, -0.1) is 0 Å². The van der Waals surface area contributed by atoms with E-state index < -0.39 is 11.6 Å². The maximum Gasteiger partial charge on any atom is 0.164 e. The van der Waals surface area contributed by atoms with E-state index in [-0.39, 0.29) is 11.7 Å². The minimum atomic E-state index is -0.620. The Morgan fingerprint density at radius 1 is 1.08 bits per heavy atom. The first-order valence-corrected chi connectivity index (χ1v) is 7.53. The zero-order chi connectivity index (χ0) is 17.1. The van der Waals surface area contributed by atoms with Crippen molar-refractivity contribution >= 4 is 17.4 Å². The highest BCUT2D eigenvalue weighted by Crippen LogP contribution is 2.21. The first-order valence-electron chi connectivity index (χ1n) is 7.15. The lowest BCUT2D eigenvalue weighted by Crippen LogP contribution is -2.05. The van der Waals surface area contributed by atoms with Gasteiger partial charge in [0.05, 0.1) is 0 Å². The molecule has 2 heterocycles. The molecular formula is C17H13ClF2N4. The number of halogens is 3. The monoisotopic (exact) mass is 346 g/mol. The van der Waals surface area contributed by atoms with E-state index in [1.54, 1.807) is 12.4 Å². The lowest BCUT2D eigenvalue weighted by molar-refractivity contribution is 0.574. The minimum absolute atomic E-state index is 0.144. The number of hydrogen-bond acceptors (Lipinski definition) is 4. The highest BCUT2D eigenvalue weighted by molar-refractivity contribution is 6.29. The summed E-state index contributed by atoms with van der Waals surface area (Å²) in [4.78, 5) is 12.6. The van der Waals surface area contributed by atoms with E-state index in [1.165, 1.54) is 18.2 Å². The molecule has 0 aliphatic rings. The van der Waals surface area contributed by atoms with Crippen LogP contribution in [0.1, 0.15) is 11.1 Å². The van der Waals surface area contributed by atoms with Gasteiger partial charge in [-0.05, 0) is 24.6 Å². The van der Waals surface area contributed by atoms with Crippen LogP contribution < -0.4 is 5.32 Å². The van der Waals surface area contributed by atoms with Gasteiger partial charge in [0.15, 0.2) is 5.82 Å². The number of aromatic nitrogens is 3. The molecule has 0 atom stereocenters. The highest BCUT2D eigenvalue weighted by Gasteiger charge is 2.08. The fraction of sp³-hybridized carbons (Fsp3) is 0.118. The van der Waals surface area contributed by atoms with Gasteiger partial charge in [-0.1, -0.05) is 17.7 Å². The van der Waals surface area contributed by atoms with Crippen LogP contribution in [0.2, 0.25) is 5.15 Å². The predicted molar refractivity (Wildman–Crippen MR) is 88.7 cm³/mol. The normalized spacial score (nSPS) is 10.7. The fourth-order valence-corrected chi connectivity index (χ4v) is 2.35. The molecular weight excluding hydrogens is 334 g/mol. The predicted octanol–water partition coefficient (Wildman–Crippen LogP) is 4.39. The van der Waals surface area contributed by atoms with Gasteiger partial charge in [-0.2, -0.15) is 0 Å². The summed E-state index contributed by atoms with van der Waals surface area (Å²) < 4.78 is 26.6. The molecule has 3 rings (SSSR count). The zero-order valence-electron chi connectivity index (χ0n) is 12.7. The molecule has 122 valence electrons. The minimum Gasteiger partial charge on any atom is -0.366 e. The van der Waals surface area contributed by atoms with Crippen LogP contribution in [0.15, 0.2) is 42.7 Å². The van der Waals surface area contributed by atoms with Crippen LogP contribution in [-0.2, 0) is 6.54 Å². The number of nitrogens with one attached hydrogen (secondary N) is 1. The summed E-state index contributed by atoms with van der Waals surface area (Å²) in [5.74, 6) is -0.377. The number of hydrogen-bond donors (Lipinski definition) is 1. The van der Waals surface area contributed by atoms with Gasteiger partial charge in [0, 0.05) is 42.2 Å². The van der Waals surface area contributed by atoms with Crippen LogP contribution in [0.5, 0.6) is 0 Å². The van der Waals surface area contributed by atoms with E-state index in [1.807, 2.05) is 13.0 Å². The maximum absolute atomic E-state index is 13.7.